The lowest BCUT2D eigenvalue weighted by atomic mass is 9.85. The van der Waals surface area contributed by atoms with Crippen molar-refractivity contribution in [2.75, 3.05) is 26.2 Å². The highest BCUT2D eigenvalue weighted by molar-refractivity contribution is 7.91. The monoisotopic (exact) mass is 427 g/mol. The highest BCUT2D eigenvalue weighted by atomic mass is 35.5. The molecule has 1 aromatic rings. The van der Waals surface area contributed by atoms with Gasteiger partial charge in [-0.25, -0.2) is 8.42 Å². The maximum Gasteiger partial charge on any atom is 0.252 e. The zero-order valence-corrected chi connectivity index (χ0v) is 17.0. The molecule has 2 fully saturated rings. The predicted molar refractivity (Wildman–Crippen MR) is 102 cm³/mol. The molecule has 142 valence electrons. The molecule has 25 heavy (non-hydrogen) atoms. The van der Waals surface area contributed by atoms with Crippen molar-refractivity contribution in [1.82, 2.24) is 9.21 Å². The lowest BCUT2D eigenvalue weighted by Gasteiger charge is -2.37. The van der Waals surface area contributed by atoms with Gasteiger partial charge in [-0.3, -0.25) is 4.79 Å². The summed E-state index contributed by atoms with van der Waals surface area (Å²) in [4.78, 5) is 14.4. The standard InChI is InChI=1S/C15H22ClN3O3S2.ClH/c16-13-4-5-14(23-13)24(21,22)19-8-6-18(7-9-19)15(20)11-2-1-3-12(17)10-11;/h4-5,11-12H,1-3,6-10,17H2;1H. The number of sulfonamides is 1. The summed E-state index contributed by atoms with van der Waals surface area (Å²) in [6.45, 7) is 1.51. The predicted octanol–water partition coefficient (Wildman–Crippen LogP) is 2.17. The number of nitrogens with zero attached hydrogens (tertiary/aromatic N) is 2. The van der Waals surface area contributed by atoms with Gasteiger partial charge in [-0.15, -0.1) is 23.7 Å². The largest absolute Gasteiger partial charge is 0.340 e. The van der Waals surface area contributed by atoms with Crippen molar-refractivity contribution in [3.8, 4) is 0 Å². The minimum absolute atomic E-state index is 0. The second kappa shape index (κ2) is 8.54. The molecule has 1 saturated carbocycles. The van der Waals surface area contributed by atoms with Crippen LogP contribution in [0.2, 0.25) is 4.34 Å². The summed E-state index contributed by atoms with van der Waals surface area (Å²) in [5.41, 5.74) is 5.97. The number of carbonyl (C=O) groups is 1. The molecule has 0 radical (unpaired) electrons. The number of hydrogen-bond acceptors (Lipinski definition) is 5. The van der Waals surface area contributed by atoms with Gasteiger partial charge in [0.25, 0.3) is 10.0 Å². The highest BCUT2D eigenvalue weighted by Gasteiger charge is 2.34. The first-order chi connectivity index (χ1) is 11.4. The molecule has 2 aliphatic rings. The van der Waals surface area contributed by atoms with E-state index in [1.165, 1.54) is 10.4 Å². The minimum Gasteiger partial charge on any atom is -0.340 e. The first-order valence-electron chi connectivity index (χ1n) is 8.18. The quantitative estimate of drug-likeness (QED) is 0.800. The fraction of sp³-hybridized carbons (Fsp3) is 0.667. The molecule has 2 unspecified atom stereocenters. The average molecular weight is 428 g/mol. The Kier molecular flexibility index (Phi) is 7.15. The maximum absolute atomic E-state index is 12.6. The molecular weight excluding hydrogens is 405 g/mol. The van der Waals surface area contributed by atoms with E-state index < -0.39 is 10.0 Å². The van der Waals surface area contributed by atoms with E-state index in [4.69, 9.17) is 17.3 Å². The smallest absolute Gasteiger partial charge is 0.252 e. The van der Waals surface area contributed by atoms with Crippen molar-refractivity contribution in [2.45, 2.75) is 35.9 Å². The van der Waals surface area contributed by atoms with Crippen LogP contribution < -0.4 is 5.73 Å². The van der Waals surface area contributed by atoms with Crippen LogP contribution in [0, 0.1) is 5.92 Å². The number of halogens is 2. The van der Waals surface area contributed by atoms with E-state index >= 15 is 0 Å². The second-order valence-corrected chi connectivity index (χ2v) is 10.3. The van der Waals surface area contributed by atoms with Crippen LogP contribution in [-0.2, 0) is 14.8 Å². The van der Waals surface area contributed by atoms with E-state index in [9.17, 15) is 13.2 Å². The molecule has 1 aromatic heterocycles. The van der Waals surface area contributed by atoms with Gasteiger partial charge < -0.3 is 10.6 Å². The number of nitrogens with two attached hydrogens (primary N) is 1. The SMILES string of the molecule is Cl.NC1CCCC(C(=O)N2CCN(S(=O)(=O)c3ccc(Cl)s3)CC2)C1. The van der Waals surface area contributed by atoms with Crippen LogP contribution in [0.4, 0.5) is 0 Å². The Hall–Kier alpha value is -0.380. The van der Waals surface area contributed by atoms with Gasteiger partial charge in [0, 0.05) is 38.1 Å². The van der Waals surface area contributed by atoms with Gasteiger partial charge in [0.15, 0.2) is 0 Å². The maximum atomic E-state index is 12.6. The first kappa shape index (κ1) is 20.9. The van der Waals surface area contributed by atoms with E-state index in [0.29, 0.717) is 30.5 Å². The number of carbonyl (C=O) groups excluding carboxylic acids is 1. The van der Waals surface area contributed by atoms with Crippen LogP contribution in [0.25, 0.3) is 0 Å². The van der Waals surface area contributed by atoms with Crippen LogP contribution in [0.3, 0.4) is 0 Å². The number of piperazine rings is 1. The fourth-order valence-corrected chi connectivity index (χ4v) is 6.48. The Morgan fingerprint density at radius 1 is 1.20 bits per heavy atom. The summed E-state index contributed by atoms with van der Waals surface area (Å²) in [7, 11) is -3.51. The van der Waals surface area contributed by atoms with E-state index in [1.54, 1.807) is 11.0 Å². The van der Waals surface area contributed by atoms with E-state index in [-0.39, 0.29) is 34.5 Å². The Labute approximate surface area is 163 Å². The molecular formula is C15H23Cl2N3O3S2. The number of amides is 1. The van der Waals surface area contributed by atoms with Gasteiger partial charge in [0.05, 0.1) is 4.34 Å². The normalized spacial score (nSPS) is 25.4. The summed E-state index contributed by atoms with van der Waals surface area (Å²) in [5, 5.41) is 0. The fourth-order valence-electron chi connectivity index (χ4n) is 3.42. The summed E-state index contributed by atoms with van der Waals surface area (Å²) in [6, 6.07) is 3.23. The van der Waals surface area contributed by atoms with Gasteiger partial charge in [-0.05, 0) is 31.4 Å². The number of rotatable bonds is 3. The molecule has 0 aromatic carbocycles. The number of hydrogen-bond donors (Lipinski definition) is 1. The van der Waals surface area contributed by atoms with Crippen LogP contribution in [0.15, 0.2) is 16.3 Å². The van der Waals surface area contributed by atoms with Gasteiger partial charge >= 0.3 is 0 Å². The molecule has 2 N–H and O–H groups in total. The molecule has 6 nitrogen and oxygen atoms in total. The van der Waals surface area contributed by atoms with Gasteiger partial charge in [0.2, 0.25) is 5.91 Å². The first-order valence-corrected chi connectivity index (χ1v) is 10.8. The Morgan fingerprint density at radius 3 is 2.44 bits per heavy atom. The molecule has 0 spiro atoms. The van der Waals surface area contributed by atoms with Crippen LogP contribution in [0.5, 0.6) is 0 Å². The molecule has 1 amide bonds. The molecule has 1 saturated heterocycles. The van der Waals surface area contributed by atoms with Crippen molar-refractivity contribution in [1.29, 1.82) is 0 Å². The van der Waals surface area contributed by atoms with Crippen molar-refractivity contribution in [3.05, 3.63) is 16.5 Å². The van der Waals surface area contributed by atoms with E-state index in [0.717, 1.165) is 37.0 Å². The summed E-state index contributed by atoms with van der Waals surface area (Å²) >= 11 is 6.90. The summed E-state index contributed by atoms with van der Waals surface area (Å²) in [6.07, 6.45) is 3.61. The Morgan fingerprint density at radius 2 is 1.88 bits per heavy atom. The molecule has 0 bridgehead atoms. The van der Waals surface area contributed by atoms with Crippen LogP contribution >= 0.6 is 35.3 Å². The summed E-state index contributed by atoms with van der Waals surface area (Å²) in [5.74, 6) is 0.120. The van der Waals surface area contributed by atoms with Crippen molar-refractivity contribution < 1.29 is 13.2 Å². The molecule has 2 heterocycles. The van der Waals surface area contributed by atoms with Crippen molar-refractivity contribution in [2.24, 2.45) is 11.7 Å². The van der Waals surface area contributed by atoms with E-state index in [1.807, 2.05) is 0 Å². The molecule has 1 aliphatic carbocycles. The lowest BCUT2D eigenvalue weighted by Crippen LogP contribution is -2.52. The third-order valence-corrected chi connectivity index (χ3v) is 8.35. The Balaban J connectivity index is 0.00000225. The highest BCUT2D eigenvalue weighted by Crippen LogP contribution is 2.29. The zero-order chi connectivity index (χ0) is 17.3. The molecule has 10 heteroatoms. The second-order valence-electron chi connectivity index (χ2n) is 6.41. The molecule has 3 rings (SSSR count). The van der Waals surface area contributed by atoms with Gasteiger partial charge in [-0.2, -0.15) is 4.31 Å². The zero-order valence-electron chi connectivity index (χ0n) is 13.8. The minimum atomic E-state index is -3.51. The Bertz CT molecular complexity index is 703. The van der Waals surface area contributed by atoms with Gasteiger partial charge in [-0.1, -0.05) is 18.0 Å². The van der Waals surface area contributed by atoms with Crippen LogP contribution in [-0.4, -0.2) is 55.8 Å². The van der Waals surface area contributed by atoms with Crippen molar-refractivity contribution in [3.63, 3.8) is 0 Å². The molecule has 2 atom stereocenters. The van der Waals surface area contributed by atoms with Crippen molar-refractivity contribution >= 4 is 51.3 Å². The topological polar surface area (TPSA) is 83.7 Å². The lowest BCUT2D eigenvalue weighted by molar-refractivity contribution is -0.137. The number of thiophene rings is 1. The summed E-state index contributed by atoms with van der Waals surface area (Å²) < 4.78 is 27.3. The van der Waals surface area contributed by atoms with Gasteiger partial charge in [0.1, 0.15) is 4.21 Å². The molecule has 1 aliphatic heterocycles. The third kappa shape index (κ3) is 4.67. The third-order valence-electron chi connectivity index (χ3n) is 4.76. The van der Waals surface area contributed by atoms with E-state index in [2.05, 4.69) is 0 Å². The van der Waals surface area contributed by atoms with Crippen LogP contribution in [0.1, 0.15) is 25.7 Å². The average Bonchev–Trinajstić information content (AvgIpc) is 3.01.